The molecular formula is C19H21ClN2OS. The lowest BCUT2D eigenvalue weighted by Crippen LogP contribution is -2.48. The number of nitrogens with zero attached hydrogens (tertiary/aromatic N) is 2. The molecule has 5 heteroatoms. The molecule has 0 aliphatic carbocycles. The van der Waals surface area contributed by atoms with E-state index in [2.05, 4.69) is 29.2 Å². The monoisotopic (exact) mass is 360 g/mol. The number of benzene rings is 2. The average Bonchev–Trinajstić information content (AvgIpc) is 2.62. The molecule has 126 valence electrons. The molecule has 2 aromatic carbocycles. The molecule has 0 unspecified atom stereocenters. The van der Waals surface area contributed by atoms with Crippen LogP contribution in [0, 0.1) is 0 Å². The summed E-state index contributed by atoms with van der Waals surface area (Å²) in [5, 5.41) is 0.711. The maximum Gasteiger partial charge on any atom is 0.233 e. The maximum absolute atomic E-state index is 12.4. The van der Waals surface area contributed by atoms with E-state index >= 15 is 0 Å². The minimum atomic E-state index is 0.194. The van der Waals surface area contributed by atoms with Crippen molar-refractivity contribution < 1.29 is 4.79 Å². The fourth-order valence-electron chi connectivity index (χ4n) is 2.79. The molecule has 0 spiro atoms. The minimum absolute atomic E-state index is 0.194. The molecule has 3 nitrogen and oxygen atoms in total. The standard InChI is InChI=1S/C19H21ClN2OS/c20-17-8-4-5-9-18(17)24-15-19(23)22-12-10-21(11-13-22)14-16-6-2-1-3-7-16/h1-9H,10-15H2. The molecule has 0 bridgehead atoms. The zero-order valence-electron chi connectivity index (χ0n) is 13.5. The molecule has 1 saturated heterocycles. The Balaban J connectivity index is 1.44. The molecular weight excluding hydrogens is 340 g/mol. The number of piperazine rings is 1. The Morgan fingerprint density at radius 2 is 1.62 bits per heavy atom. The van der Waals surface area contributed by atoms with Crippen molar-refractivity contribution in [2.24, 2.45) is 0 Å². The zero-order valence-corrected chi connectivity index (χ0v) is 15.1. The average molecular weight is 361 g/mol. The number of carbonyl (C=O) groups is 1. The van der Waals surface area contributed by atoms with Crippen molar-refractivity contribution in [1.29, 1.82) is 0 Å². The molecule has 1 aliphatic rings. The summed E-state index contributed by atoms with van der Waals surface area (Å²) >= 11 is 7.65. The van der Waals surface area contributed by atoms with Gasteiger partial charge in [-0.05, 0) is 17.7 Å². The highest BCUT2D eigenvalue weighted by molar-refractivity contribution is 8.00. The van der Waals surface area contributed by atoms with E-state index in [-0.39, 0.29) is 5.91 Å². The van der Waals surface area contributed by atoms with E-state index < -0.39 is 0 Å². The van der Waals surface area contributed by atoms with E-state index in [0.717, 1.165) is 37.6 Å². The summed E-state index contributed by atoms with van der Waals surface area (Å²) in [4.78, 5) is 17.7. The number of rotatable bonds is 5. The molecule has 0 aromatic heterocycles. The van der Waals surface area contributed by atoms with Gasteiger partial charge in [0.2, 0.25) is 5.91 Å². The SMILES string of the molecule is O=C(CSc1ccccc1Cl)N1CCN(Cc2ccccc2)CC1. The second-order valence-corrected chi connectivity index (χ2v) is 7.29. The van der Waals surface area contributed by atoms with E-state index in [1.807, 2.05) is 35.2 Å². The number of amides is 1. The number of thioether (sulfide) groups is 1. The van der Waals surface area contributed by atoms with Crippen LogP contribution in [0.2, 0.25) is 5.02 Å². The van der Waals surface area contributed by atoms with Crippen LogP contribution in [-0.4, -0.2) is 47.6 Å². The van der Waals surface area contributed by atoms with Gasteiger partial charge in [-0.2, -0.15) is 0 Å². The van der Waals surface area contributed by atoms with Gasteiger partial charge >= 0.3 is 0 Å². The Labute approximate surface area is 152 Å². The third kappa shape index (κ3) is 4.76. The second kappa shape index (κ2) is 8.56. The molecule has 0 atom stereocenters. The van der Waals surface area contributed by atoms with Crippen molar-refractivity contribution in [1.82, 2.24) is 9.80 Å². The summed E-state index contributed by atoms with van der Waals surface area (Å²) in [6.45, 7) is 4.41. The van der Waals surface area contributed by atoms with Crippen molar-refractivity contribution in [3.05, 3.63) is 65.2 Å². The Morgan fingerprint density at radius 1 is 0.958 bits per heavy atom. The lowest BCUT2D eigenvalue weighted by molar-refractivity contribution is -0.130. The number of hydrogen-bond acceptors (Lipinski definition) is 3. The first-order chi connectivity index (χ1) is 11.7. The van der Waals surface area contributed by atoms with Gasteiger partial charge in [0.1, 0.15) is 0 Å². The molecule has 0 saturated carbocycles. The highest BCUT2D eigenvalue weighted by atomic mass is 35.5. The van der Waals surface area contributed by atoms with Crippen LogP contribution in [0.15, 0.2) is 59.5 Å². The molecule has 1 amide bonds. The van der Waals surface area contributed by atoms with Gasteiger partial charge in [-0.3, -0.25) is 9.69 Å². The summed E-state index contributed by atoms with van der Waals surface area (Å²) in [6, 6.07) is 18.1. The van der Waals surface area contributed by atoms with Crippen LogP contribution in [-0.2, 0) is 11.3 Å². The fourth-order valence-corrected chi connectivity index (χ4v) is 3.93. The van der Waals surface area contributed by atoms with E-state index in [1.54, 1.807) is 0 Å². The zero-order chi connectivity index (χ0) is 16.8. The van der Waals surface area contributed by atoms with Crippen molar-refractivity contribution in [3.8, 4) is 0 Å². The first-order valence-corrected chi connectivity index (χ1v) is 9.50. The molecule has 3 rings (SSSR count). The van der Waals surface area contributed by atoms with Gasteiger partial charge < -0.3 is 4.90 Å². The third-order valence-corrected chi connectivity index (χ3v) is 5.66. The second-order valence-electron chi connectivity index (χ2n) is 5.86. The molecule has 0 N–H and O–H groups in total. The predicted molar refractivity (Wildman–Crippen MR) is 100 cm³/mol. The van der Waals surface area contributed by atoms with Gasteiger partial charge in [0, 0.05) is 37.6 Å². The third-order valence-electron chi connectivity index (χ3n) is 4.16. The largest absolute Gasteiger partial charge is 0.339 e. The van der Waals surface area contributed by atoms with Crippen LogP contribution < -0.4 is 0 Å². The van der Waals surface area contributed by atoms with Crippen molar-refractivity contribution in [3.63, 3.8) is 0 Å². The maximum atomic E-state index is 12.4. The van der Waals surface area contributed by atoms with Crippen LogP contribution in [0.25, 0.3) is 0 Å². The van der Waals surface area contributed by atoms with Crippen molar-refractivity contribution >= 4 is 29.3 Å². The summed E-state index contributed by atoms with van der Waals surface area (Å²) in [5.41, 5.74) is 1.33. The lowest BCUT2D eigenvalue weighted by Gasteiger charge is -2.34. The van der Waals surface area contributed by atoms with Crippen LogP contribution >= 0.6 is 23.4 Å². The summed E-state index contributed by atoms with van der Waals surface area (Å²) in [6.07, 6.45) is 0. The van der Waals surface area contributed by atoms with Crippen LogP contribution in [0.5, 0.6) is 0 Å². The number of halogens is 1. The quantitative estimate of drug-likeness (QED) is 0.758. The van der Waals surface area contributed by atoms with Gasteiger partial charge in [-0.25, -0.2) is 0 Å². The van der Waals surface area contributed by atoms with E-state index in [9.17, 15) is 4.79 Å². The van der Waals surface area contributed by atoms with Crippen molar-refractivity contribution in [2.45, 2.75) is 11.4 Å². The summed E-state index contributed by atoms with van der Waals surface area (Å²) in [7, 11) is 0. The normalized spacial score (nSPS) is 15.5. The van der Waals surface area contributed by atoms with Crippen LogP contribution in [0.4, 0.5) is 0 Å². The highest BCUT2D eigenvalue weighted by Gasteiger charge is 2.21. The van der Waals surface area contributed by atoms with Crippen molar-refractivity contribution in [2.75, 3.05) is 31.9 Å². The van der Waals surface area contributed by atoms with Gasteiger partial charge in [0.15, 0.2) is 0 Å². The van der Waals surface area contributed by atoms with Crippen LogP contribution in [0.3, 0.4) is 0 Å². The Bertz CT molecular complexity index is 672. The Morgan fingerprint density at radius 3 is 2.33 bits per heavy atom. The minimum Gasteiger partial charge on any atom is -0.339 e. The molecule has 2 aromatic rings. The Kier molecular flexibility index (Phi) is 6.18. The van der Waals surface area contributed by atoms with E-state index in [4.69, 9.17) is 11.6 Å². The molecule has 0 radical (unpaired) electrons. The van der Waals surface area contributed by atoms with E-state index in [1.165, 1.54) is 17.3 Å². The molecule has 1 fully saturated rings. The summed E-state index contributed by atoms with van der Waals surface area (Å²) < 4.78 is 0. The first-order valence-electron chi connectivity index (χ1n) is 8.14. The van der Waals surface area contributed by atoms with Crippen LogP contribution in [0.1, 0.15) is 5.56 Å². The molecule has 1 aliphatic heterocycles. The predicted octanol–water partition coefficient (Wildman–Crippen LogP) is 3.78. The highest BCUT2D eigenvalue weighted by Crippen LogP contribution is 2.26. The van der Waals surface area contributed by atoms with Gasteiger partial charge in [0.25, 0.3) is 0 Å². The van der Waals surface area contributed by atoms with Gasteiger partial charge in [-0.1, -0.05) is 54.1 Å². The Hall–Kier alpha value is -1.49. The smallest absolute Gasteiger partial charge is 0.233 e. The fraction of sp³-hybridized carbons (Fsp3) is 0.316. The number of hydrogen-bond donors (Lipinski definition) is 0. The first kappa shape index (κ1) is 17.3. The summed E-state index contributed by atoms with van der Waals surface area (Å²) in [5.74, 6) is 0.641. The number of carbonyl (C=O) groups excluding carboxylic acids is 1. The molecule has 24 heavy (non-hydrogen) atoms. The topological polar surface area (TPSA) is 23.6 Å². The van der Waals surface area contributed by atoms with Gasteiger partial charge in [-0.15, -0.1) is 11.8 Å². The van der Waals surface area contributed by atoms with E-state index in [0.29, 0.717) is 10.8 Å². The van der Waals surface area contributed by atoms with Gasteiger partial charge in [0.05, 0.1) is 10.8 Å². The lowest BCUT2D eigenvalue weighted by atomic mass is 10.2. The molecule has 1 heterocycles.